The SMILES string of the molecule is Cc1noc2cccc(CC#N)c12. The molecule has 64 valence electrons. The summed E-state index contributed by atoms with van der Waals surface area (Å²) in [5.74, 6) is 0. The minimum Gasteiger partial charge on any atom is -0.356 e. The molecule has 0 fully saturated rings. The predicted octanol–water partition coefficient (Wildman–Crippen LogP) is 2.20. The third-order valence-corrected chi connectivity index (χ3v) is 2.02. The standard InChI is InChI=1S/C10H8N2O/c1-7-10-8(5-6-11)3-2-4-9(10)13-12-7/h2-4H,5H2,1H3. The number of aromatic nitrogens is 1. The molecule has 13 heavy (non-hydrogen) atoms. The Labute approximate surface area is 75.6 Å². The quantitative estimate of drug-likeness (QED) is 0.662. The van der Waals surface area contributed by atoms with Crippen molar-refractivity contribution in [3.05, 3.63) is 29.5 Å². The van der Waals surface area contributed by atoms with Crippen LogP contribution in [-0.4, -0.2) is 5.16 Å². The van der Waals surface area contributed by atoms with E-state index in [1.807, 2.05) is 25.1 Å². The van der Waals surface area contributed by atoms with Crippen molar-refractivity contribution in [2.75, 3.05) is 0 Å². The van der Waals surface area contributed by atoms with Crippen molar-refractivity contribution in [2.45, 2.75) is 13.3 Å². The van der Waals surface area contributed by atoms with Gasteiger partial charge in [-0.2, -0.15) is 5.26 Å². The molecular formula is C10H8N2O. The molecule has 1 aromatic heterocycles. The van der Waals surface area contributed by atoms with Crippen molar-refractivity contribution >= 4 is 11.0 Å². The predicted molar refractivity (Wildman–Crippen MR) is 48.1 cm³/mol. The zero-order valence-electron chi connectivity index (χ0n) is 7.24. The maximum atomic E-state index is 8.61. The van der Waals surface area contributed by atoms with E-state index in [-0.39, 0.29) is 0 Å². The molecule has 0 saturated carbocycles. The van der Waals surface area contributed by atoms with Gasteiger partial charge in [0.15, 0.2) is 5.58 Å². The van der Waals surface area contributed by atoms with Gasteiger partial charge in [0, 0.05) is 5.39 Å². The second-order valence-electron chi connectivity index (χ2n) is 2.89. The molecule has 0 aliphatic heterocycles. The zero-order valence-corrected chi connectivity index (χ0v) is 7.24. The lowest BCUT2D eigenvalue weighted by Gasteiger charge is -1.95. The van der Waals surface area contributed by atoms with E-state index in [9.17, 15) is 0 Å². The molecule has 1 heterocycles. The van der Waals surface area contributed by atoms with Crippen molar-refractivity contribution in [3.8, 4) is 6.07 Å². The summed E-state index contributed by atoms with van der Waals surface area (Å²) < 4.78 is 5.08. The maximum absolute atomic E-state index is 8.61. The molecule has 0 spiro atoms. The molecule has 0 aliphatic rings. The zero-order chi connectivity index (χ0) is 9.26. The second kappa shape index (κ2) is 2.91. The van der Waals surface area contributed by atoms with Crippen LogP contribution >= 0.6 is 0 Å². The average Bonchev–Trinajstić information content (AvgIpc) is 2.50. The third kappa shape index (κ3) is 1.17. The molecule has 3 heteroatoms. The van der Waals surface area contributed by atoms with Gasteiger partial charge in [-0.25, -0.2) is 0 Å². The van der Waals surface area contributed by atoms with Crippen LogP contribution in [-0.2, 0) is 6.42 Å². The van der Waals surface area contributed by atoms with Crippen LogP contribution in [0.15, 0.2) is 22.7 Å². The number of hydrogen-bond donors (Lipinski definition) is 0. The Kier molecular flexibility index (Phi) is 1.75. The first-order valence-electron chi connectivity index (χ1n) is 4.04. The topological polar surface area (TPSA) is 49.8 Å². The molecule has 3 nitrogen and oxygen atoms in total. The molecule has 0 aliphatic carbocycles. The van der Waals surface area contributed by atoms with E-state index in [0.29, 0.717) is 6.42 Å². The molecule has 0 bridgehead atoms. The van der Waals surface area contributed by atoms with Crippen LogP contribution in [0, 0.1) is 18.3 Å². The van der Waals surface area contributed by atoms with Crippen LogP contribution in [0.1, 0.15) is 11.3 Å². The van der Waals surface area contributed by atoms with Crippen LogP contribution in [0.3, 0.4) is 0 Å². The lowest BCUT2D eigenvalue weighted by molar-refractivity contribution is 0.450. The van der Waals surface area contributed by atoms with Crippen LogP contribution in [0.4, 0.5) is 0 Å². The molecular weight excluding hydrogens is 164 g/mol. The Hall–Kier alpha value is -1.82. The molecule has 2 aromatic rings. The first-order valence-corrected chi connectivity index (χ1v) is 4.04. The Bertz CT molecular complexity index is 479. The lowest BCUT2D eigenvalue weighted by Crippen LogP contribution is -1.83. The van der Waals surface area contributed by atoms with E-state index in [1.54, 1.807) is 0 Å². The summed E-state index contributed by atoms with van der Waals surface area (Å²) in [6, 6.07) is 7.78. The number of rotatable bonds is 1. The number of fused-ring (bicyclic) bond motifs is 1. The third-order valence-electron chi connectivity index (χ3n) is 2.02. The lowest BCUT2D eigenvalue weighted by atomic mass is 10.1. The van der Waals surface area contributed by atoms with Gasteiger partial charge >= 0.3 is 0 Å². The van der Waals surface area contributed by atoms with Crippen molar-refractivity contribution in [3.63, 3.8) is 0 Å². The molecule has 2 rings (SSSR count). The normalized spacial score (nSPS) is 10.2. The molecule has 1 aromatic carbocycles. The van der Waals surface area contributed by atoms with Crippen LogP contribution in [0.2, 0.25) is 0 Å². The molecule has 0 atom stereocenters. The smallest absolute Gasteiger partial charge is 0.167 e. The van der Waals surface area contributed by atoms with Crippen LogP contribution in [0.5, 0.6) is 0 Å². The molecule has 0 radical (unpaired) electrons. The van der Waals surface area contributed by atoms with Crippen molar-refractivity contribution in [1.29, 1.82) is 5.26 Å². The van der Waals surface area contributed by atoms with E-state index in [0.717, 1.165) is 22.2 Å². The van der Waals surface area contributed by atoms with E-state index in [4.69, 9.17) is 9.78 Å². The number of nitrogens with zero attached hydrogens (tertiary/aromatic N) is 2. The highest BCUT2D eigenvalue weighted by Gasteiger charge is 2.07. The summed E-state index contributed by atoms with van der Waals surface area (Å²) in [6.07, 6.45) is 0.402. The fourth-order valence-electron chi connectivity index (χ4n) is 1.46. The van der Waals surface area contributed by atoms with Gasteiger partial charge in [0.2, 0.25) is 0 Å². The van der Waals surface area contributed by atoms with E-state index < -0.39 is 0 Å². The van der Waals surface area contributed by atoms with Gasteiger partial charge in [0.1, 0.15) is 0 Å². The van der Waals surface area contributed by atoms with E-state index >= 15 is 0 Å². The van der Waals surface area contributed by atoms with Gasteiger partial charge < -0.3 is 4.52 Å². The van der Waals surface area contributed by atoms with Gasteiger partial charge in [-0.3, -0.25) is 0 Å². The summed E-state index contributed by atoms with van der Waals surface area (Å²) in [4.78, 5) is 0. The van der Waals surface area contributed by atoms with Gasteiger partial charge in [-0.05, 0) is 18.6 Å². The summed E-state index contributed by atoms with van der Waals surface area (Å²) in [7, 11) is 0. The monoisotopic (exact) mass is 172 g/mol. The Morgan fingerprint density at radius 1 is 1.54 bits per heavy atom. The summed E-state index contributed by atoms with van der Waals surface area (Å²) >= 11 is 0. The van der Waals surface area contributed by atoms with E-state index in [2.05, 4.69) is 11.2 Å². The van der Waals surface area contributed by atoms with Crippen molar-refractivity contribution < 1.29 is 4.52 Å². The number of hydrogen-bond acceptors (Lipinski definition) is 3. The first kappa shape index (κ1) is 7.81. The largest absolute Gasteiger partial charge is 0.356 e. The first-order chi connectivity index (χ1) is 6.33. The minimum atomic E-state index is 0.402. The van der Waals surface area contributed by atoms with Gasteiger partial charge in [-0.1, -0.05) is 17.3 Å². The highest BCUT2D eigenvalue weighted by Crippen LogP contribution is 2.22. The van der Waals surface area contributed by atoms with E-state index in [1.165, 1.54) is 0 Å². The van der Waals surface area contributed by atoms with Crippen molar-refractivity contribution in [2.24, 2.45) is 0 Å². The number of benzene rings is 1. The number of aryl methyl sites for hydroxylation is 1. The van der Waals surface area contributed by atoms with Crippen LogP contribution in [0.25, 0.3) is 11.0 Å². The molecule has 0 saturated heterocycles. The van der Waals surface area contributed by atoms with Gasteiger partial charge in [-0.15, -0.1) is 0 Å². The fourth-order valence-corrected chi connectivity index (χ4v) is 1.46. The highest BCUT2D eigenvalue weighted by atomic mass is 16.5. The van der Waals surface area contributed by atoms with Gasteiger partial charge in [0.25, 0.3) is 0 Å². The fraction of sp³-hybridized carbons (Fsp3) is 0.200. The molecule has 0 amide bonds. The Morgan fingerprint density at radius 3 is 3.15 bits per heavy atom. The summed E-state index contributed by atoms with van der Waals surface area (Å²) in [5.41, 5.74) is 2.59. The maximum Gasteiger partial charge on any atom is 0.167 e. The highest BCUT2D eigenvalue weighted by molar-refractivity contribution is 5.83. The van der Waals surface area contributed by atoms with Crippen molar-refractivity contribution in [1.82, 2.24) is 5.16 Å². The number of nitriles is 1. The molecule has 0 N–H and O–H groups in total. The molecule has 0 unspecified atom stereocenters. The minimum absolute atomic E-state index is 0.402. The summed E-state index contributed by atoms with van der Waals surface area (Å²) in [5, 5.41) is 13.4. The Balaban J connectivity index is 2.74. The van der Waals surface area contributed by atoms with Gasteiger partial charge in [0.05, 0.1) is 18.2 Å². The van der Waals surface area contributed by atoms with Crippen LogP contribution < -0.4 is 0 Å². The second-order valence-corrected chi connectivity index (χ2v) is 2.89. The summed E-state index contributed by atoms with van der Waals surface area (Å²) in [6.45, 7) is 1.88. The average molecular weight is 172 g/mol. The Morgan fingerprint density at radius 2 is 2.38 bits per heavy atom.